The molecular weight excluding hydrogens is 254 g/mol. The zero-order valence-corrected chi connectivity index (χ0v) is 11.4. The lowest BCUT2D eigenvalue weighted by molar-refractivity contribution is 0.112. The van der Waals surface area contributed by atoms with E-state index in [-0.39, 0.29) is 0 Å². The second-order valence-corrected chi connectivity index (χ2v) is 4.80. The van der Waals surface area contributed by atoms with Gasteiger partial charge >= 0.3 is 0 Å². The highest BCUT2D eigenvalue weighted by Crippen LogP contribution is 2.31. The van der Waals surface area contributed by atoms with Gasteiger partial charge in [0.1, 0.15) is 5.75 Å². The first kappa shape index (κ1) is 12.9. The van der Waals surface area contributed by atoms with Gasteiger partial charge in [0.15, 0.2) is 6.29 Å². The zero-order valence-electron chi connectivity index (χ0n) is 11.4. The van der Waals surface area contributed by atoms with Crippen LogP contribution in [0.15, 0.2) is 24.4 Å². The summed E-state index contributed by atoms with van der Waals surface area (Å²) in [4.78, 5) is 17.8. The molecule has 1 N–H and O–H groups in total. The van der Waals surface area contributed by atoms with Gasteiger partial charge in [-0.3, -0.25) is 9.78 Å². The van der Waals surface area contributed by atoms with Crippen molar-refractivity contribution >= 4 is 22.9 Å². The monoisotopic (exact) mass is 271 g/mol. The van der Waals surface area contributed by atoms with Gasteiger partial charge in [-0.25, -0.2) is 0 Å². The van der Waals surface area contributed by atoms with E-state index in [4.69, 9.17) is 4.74 Å². The number of methoxy groups -OCH3 is 1. The average molecular weight is 271 g/mol. The standard InChI is InChI=1S/C15H17N3O2/c1-20-15-9-12-13(8-11(15)10-19)17-3-2-14(12)18-6-4-16-5-7-18/h2-3,8-10,16H,4-7H2,1H3. The maximum absolute atomic E-state index is 11.1. The van der Waals surface area contributed by atoms with Crippen LogP contribution in [0.4, 0.5) is 5.69 Å². The highest BCUT2D eigenvalue weighted by Gasteiger charge is 2.15. The zero-order chi connectivity index (χ0) is 13.9. The highest BCUT2D eigenvalue weighted by molar-refractivity contribution is 5.97. The van der Waals surface area contributed by atoms with E-state index in [1.165, 1.54) is 0 Å². The van der Waals surface area contributed by atoms with Crippen LogP contribution < -0.4 is 15.0 Å². The number of ether oxygens (including phenoxy) is 1. The first-order chi connectivity index (χ1) is 9.83. The number of hydrogen-bond donors (Lipinski definition) is 1. The van der Waals surface area contributed by atoms with Crippen LogP contribution in [0, 0.1) is 0 Å². The quantitative estimate of drug-likeness (QED) is 0.857. The Balaban J connectivity index is 2.14. The van der Waals surface area contributed by atoms with Crippen molar-refractivity contribution in [2.75, 3.05) is 38.2 Å². The van der Waals surface area contributed by atoms with Crippen molar-refractivity contribution in [3.05, 3.63) is 30.0 Å². The SMILES string of the molecule is COc1cc2c(N3CCNCC3)ccnc2cc1C=O. The van der Waals surface area contributed by atoms with Crippen LogP contribution in [0.3, 0.4) is 0 Å². The summed E-state index contributed by atoms with van der Waals surface area (Å²) in [6, 6.07) is 5.71. The number of nitrogens with one attached hydrogen (secondary N) is 1. The van der Waals surface area contributed by atoms with Gasteiger partial charge in [0.2, 0.25) is 0 Å². The van der Waals surface area contributed by atoms with Crippen LogP contribution in [-0.4, -0.2) is 44.6 Å². The number of pyridine rings is 1. The minimum atomic E-state index is 0.532. The number of anilines is 1. The van der Waals surface area contributed by atoms with Crippen molar-refractivity contribution in [1.82, 2.24) is 10.3 Å². The molecule has 1 aliphatic rings. The molecule has 104 valence electrons. The summed E-state index contributed by atoms with van der Waals surface area (Å²) in [6.45, 7) is 3.90. The molecule has 1 aromatic heterocycles. The lowest BCUT2D eigenvalue weighted by Gasteiger charge is -2.30. The lowest BCUT2D eigenvalue weighted by atomic mass is 10.1. The van der Waals surface area contributed by atoms with Crippen molar-refractivity contribution in [3.63, 3.8) is 0 Å². The van der Waals surface area contributed by atoms with E-state index >= 15 is 0 Å². The van der Waals surface area contributed by atoms with Crippen molar-refractivity contribution in [3.8, 4) is 5.75 Å². The van der Waals surface area contributed by atoms with Gasteiger partial charge < -0.3 is 15.0 Å². The van der Waals surface area contributed by atoms with Crippen molar-refractivity contribution in [1.29, 1.82) is 0 Å². The van der Waals surface area contributed by atoms with Gasteiger partial charge in [-0.1, -0.05) is 0 Å². The van der Waals surface area contributed by atoms with E-state index in [9.17, 15) is 4.79 Å². The molecule has 5 nitrogen and oxygen atoms in total. The van der Waals surface area contributed by atoms with Gasteiger partial charge in [-0.2, -0.15) is 0 Å². The third kappa shape index (κ3) is 2.20. The molecule has 20 heavy (non-hydrogen) atoms. The van der Waals surface area contributed by atoms with Crippen molar-refractivity contribution < 1.29 is 9.53 Å². The number of fused-ring (bicyclic) bond motifs is 1. The van der Waals surface area contributed by atoms with Gasteiger partial charge in [0, 0.05) is 43.4 Å². The minimum absolute atomic E-state index is 0.532. The highest BCUT2D eigenvalue weighted by atomic mass is 16.5. The van der Waals surface area contributed by atoms with Crippen LogP contribution in [0.2, 0.25) is 0 Å². The number of hydrogen-bond acceptors (Lipinski definition) is 5. The van der Waals surface area contributed by atoms with E-state index in [0.717, 1.165) is 49.1 Å². The third-order valence-electron chi connectivity index (χ3n) is 3.65. The molecule has 0 aliphatic carbocycles. The number of carbonyl (C=O) groups excluding carboxylic acids is 1. The number of rotatable bonds is 3. The molecule has 0 atom stereocenters. The summed E-state index contributed by atoms with van der Waals surface area (Å²) < 4.78 is 5.30. The Labute approximate surface area is 117 Å². The molecule has 0 unspecified atom stereocenters. The average Bonchev–Trinajstić information content (AvgIpc) is 2.53. The number of nitrogens with zero attached hydrogens (tertiary/aromatic N) is 2. The first-order valence-electron chi connectivity index (χ1n) is 6.71. The maximum Gasteiger partial charge on any atom is 0.153 e. The van der Waals surface area contributed by atoms with Crippen LogP contribution in [0.25, 0.3) is 10.9 Å². The van der Waals surface area contributed by atoms with Crippen LogP contribution in [-0.2, 0) is 0 Å². The summed E-state index contributed by atoms with van der Waals surface area (Å²) in [5, 5.41) is 4.37. The fourth-order valence-electron chi connectivity index (χ4n) is 2.62. The lowest BCUT2D eigenvalue weighted by Crippen LogP contribution is -2.43. The summed E-state index contributed by atoms with van der Waals surface area (Å²) >= 11 is 0. The Hall–Kier alpha value is -2.14. The van der Waals surface area contributed by atoms with Gasteiger partial charge in [0.25, 0.3) is 0 Å². The second-order valence-electron chi connectivity index (χ2n) is 4.80. The largest absolute Gasteiger partial charge is 0.496 e. The molecule has 1 saturated heterocycles. The number of carbonyl (C=O) groups is 1. The maximum atomic E-state index is 11.1. The minimum Gasteiger partial charge on any atom is -0.496 e. The Kier molecular flexibility index (Phi) is 3.52. The summed E-state index contributed by atoms with van der Waals surface area (Å²) in [7, 11) is 1.58. The summed E-state index contributed by atoms with van der Waals surface area (Å²) in [5.41, 5.74) is 2.50. The first-order valence-corrected chi connectivity index (χ1v) is 6.71. The van der Waals surface area contributed by atoms with E-state index < -0.39 is 0 Å². The fourth-order valence-corrected chi connectivity index (χ4v) is 2.62. The fraction of sp³-hybridized carbons (Fsp3) is 0.333. The number of aldehydes is 1. The van der Waals surface area contributed by atoms with E-state index in [2.05, 4.69) is 15.2 Å². The normalized spacial score (nSPS) is 15.3. The molecule has 0 saturated carbocycles. The molecule has 3 rings (SSSR count). The van der Waals surface area contributed by atoms with E-state index in [1.54, 1.807) is 19.4 Å². The Morgan fingerprint density at radius 1 is 1.35 bits per heavy atom. The Morgan fingerprint density at radius 3 is 2.85 bits per heavy atom. The molecule has 2 heterocycles. The molecule has 0 radical (unpaired) electrons. The van der Waals surface area contributed by atoms with Crippen LogP contribution in [0.1, 0.15) is 10.4 Å². The summed E-state index contributed by atoms with van der Waals surface area (Å²) in [6.07, 6.45) is 2.60. The van der Waals surface area contributed by atoms with Crippen LogP contribution in [0.5, 0.6) is 5.75 Å². The van der Waals surface area contributed by atoms with Gasteiger partial charge in [-0.15, -0.1) is 0 Å². The summed E-state index contributed by atoms with van der Waals surface area (Å²) in [5.74, 6) is 0.594. The number of piperazine rings is 1. The Morgan fingerprint density at radius 2 is 2.15 bits per heavy atom. The van der Waals surface area contributed by atoms with Crippen molar-refractivity contribution in [2.45, 2.75) is 0 Å². The predicted octanol–water partition coefficient (Wildman–Crippen LogP) is 1.47. The smallest absolute Gasteiger partial charge is 0.153 e. The molecule has 0 spiro atoms. The second kappa shape index (κ2) is 5.46. The molecule has 1 aliphatic heterocycles. The molecule has 1 fully saturated rings. The van der Waals surface area contributed by atoms with Crippen LogP contribution >= 0.6 is 0 Å². The number of aromatic nitrogens is 1. The molecule has 1 aromatic carbocycles. The molecular formula is C15H17N3O2. The van der Waals surface area contributed by atoms with Gasteiger partial charge in [0.05, 0.1) is 18.2 Å². The van der Waals surface area contributed by atoms with E-state index in [1.807, 2.05) is 12.1 Å². The topological polar surface area (TPSA) is 54.5 Å². The number of benzene rings is 1. The molecule has 2 aromatic rings. The molecule has 0 bridgehead atoms. The van der Waals surface area contributed by atoms with Gasteiger partial charge in [-0.05, 0) is 18.2 Å². The van der Waals surface area contributed by atoms with E-state index in [0.29, 0.717) is 11.3 Å². The molecule has 0 amide bonds. The van der Waals surface area contributed by atoms with Crippen molar-refractivity contribution in [2.24, 2.45) is 0 Å². The predicted molar refractivity (Wildman–Crippen MR) is 78.8 cm³/mol. The Bertz CT molecular complexity index is 636. The molecule has 5 heteroatoms. The third-order valence-corrected chi connectivity index (χ3v) is 3.65.